The second kappa shape index (κ2) is 7.91. The average molecular weight is 414 g/mol. The van der Waals surface area contributed by atoms with E-state index in [0.717, 1.165) is 28.4 Å². The van der Waals surface area contributed by atoms with Gasteiger partial charge in [-0.1, -0.05) is 42.5 Å². The number of Topliss-reactive ketones (excluding diaryl/α,β-unsaturated/α-hetero) is 1. The normalized spacial score (nSPS) is 20.1. The lowest BCUT2D eigenvalue weighted by molar-refractivity contribution is -0.116. The molecule has 156 valence electrons. The molecule has 2 aliphatic rings. The first-order valence-corrected chi connectivity index (χ1v) is 10.4. The Labute approximate surface area is 180 Å². The fourth-order valence-corrected chi connectivity index (χ4v) is 4.55. The van der Waals surface area contributed by atoms with Gasteiger partial charge in [0, 0.05) is 23.3 Å². The Morgan fingerprint density at radius 3 is 2.35 bits per heavy atom. The number of rotatable bonds is 3. The Bertz CT molecular complexity index is 1170. The molecule has 1 aliphatic carbocycles. The summed E-state index contributed by atoms with van der Waals surface area (Å²) in [6, 6.07) is 21.8. The number of ether oxygens (including phenoxy) is 1. The molecule has 1 heterocycles. The monoisotopic (exact) mass is 414 g/mol. The molecule has 5 heteroatoms. The number of anilines is 2. The van der Waals surface area contributed by atoms with Crippen molar-refractivity contribution in [3.63, 3.8) is 0 Å². The molecule has 0 spiro atoms. The second-order valence-corrected chi connectivity index (χ2v) is 7.96. The largest absolute Gasteiger partial charge is 0.497 e. The molecule has 0 amide bonds. The average Bonchev–Trinajstić information content (AvgIpc) is 2.96. The van der Waals surface area contributed by atoms with Crippen LogP contribution in [0.3, 0.4) is 0 Å². The highest BCUT2D eigenvalue weighted by molar-refractivity contribution is 6.01. The standard InChI is InChI=1S/C26H23FN2O2/c1-31-18-12-10-16(11-13-18)17-14-23-25(24(30)15-17)26(19-6-2-3-7-20(19)27)29-22-9-5-4-8-21(22)28-23/h2-13,17,26,28-29H,14-15H2,1H3/t17-,26-/m1/s1. The fourth-order valence-electron chi connectivity index (χ4n) is 4.55. The number of ketones is 1. The van der Waals surface area contributed by atoms with Gasteiger partial charge in [-0.15, -0.1) is 0 Å². The third-order valence-corrected chi connectivity index (χ3v) is 6.11. The van der Waals surface area contributed by atoms with Crippen LogP contribution in [0.4, 0.5) is 15.8 Å². The number of hydrogen-bond donors (Lipinski definition) is 2. The molecule has 0 radical (unpaired) electrons. The molecule has 1 aliphatic heterocycles. The van der Waals surface area contributed by atoms with E-state index in [1.807, 2.05) is 48.5 Å². The Morgan fingerprint density at radius 1 is 0.903 bits per heavy atom. The molecule has 0 saturated carbocycles. The number of para-hydroxylation sites is 2. The van der Waals surface area contributed by atoms with Crippen molar-refractivity contribution >= 4 is 17.2 Å². The van der Waals surface area contributed by atoms with Crippen LogP contribution in [-0.2, 0) is 4.79 Å². The topological polar surface area (TPSA) is 50.4 Å². The first-order valence-electron chi connectivity index (χ1n) is 10.4. The Hall–Kier alpha value is -3.60. The van der Waals surface area contributed by atoms with Crippen LogP contribution in [0.1, 0.15) is 35.9 Å². The molecule has 0 fully saturated rings. The van der Waals surface area contributed by atoms with E-state index in [2.05, 4.69) is 10.6 Å². The fraction of sp³-hybridized carbons (Fsp3) is 0.192. The van der Waals surface area contributed by atoms with Gasteiger partial charge in [-0.2, -0.15) is 0 Å². The van der Waals surface area contributed by atoms with Crippen molar-refractivity contribution < 1.29 is 13.9 Å². The minimum Gasteiger partial charge on any atom is -0.497 e. The summed E-state index contributed by atoms with van der Waals surface area (Å²) in [6.45, 7) is 0. The number of benzene rings is 3. The zero-order valence-corrected chi connectivity index (χ0v) is 17.2. The molecule has 2 N–H and O–H groups in total. The Balaban J connectivity index is 1.59. The van der Waals surface area contributed by atoms with Crippen molar-refractivity contribution in [3.05, 3.63) is 101 Å². The number of allylic oxidation sites excluding steroid dienone is 1. The number of nitrogens with one attached hydrogen (secondary N) is 2. The second-order valence-electron chi connectivity index (χ2n) is 7.96. The van der Waals surface area contributed by atoms with Crippen molar-refractivity contribution in [2.45, 2.75) is 24.8 Å². The maximum absolute atomic E-state index is 14.8. The molecule has 4 nitrogen and oxygen atoms in total. The Morgan fingerprint density at radius 2 is 1.61 bits per heavy atom. The molecule has 0 bridgehead atoms. The maximum atomic E-state index is 14.8. The van der Waals surface area contributed by atoms with Gasteiger partial charge in [-0.3, -0.25) is 4.79 Å². The molecule has 31 heavy (non-hydrogen) atoms. The zero-order valence-electron chi connectivity index (χ0n) is 17.2. The lowest BCUT2D eigenvalue weighted by atomic mass is 9.78. The van der Waals surface area contributed by atoms with Crippen molar-refractivity contribution in [2.75, 3.05) is 17.7 Å². The van der Waals surface area contributed by atoms with Crippen LogP contribution >= 0.6 is 0 Å². The van der Waals surface area contributed by atoms with Crippen LogP contribution in [0, 0.1) is 5.82 Å². The predicted molar refractivity (Wildman–Crippen MR) is 120 cm³/mol. The summed E-state index contributed by atoms with van der Waals surface area (Å²) in [6.07, 6.45) is 1.06. The number of fused-ring (bicyclic) bond motifs is 1. The van der Waals surface area contributed by atoms with E-state index >= 15 is 0 Å². The molecule has 0 unspecified atom stereocenters. The van der Waals surface area contributed by atoms with Crippen LogP contribution in [0.5, 0.6) is 5.75 Å². The highest BCUT2D eigenvalue weighted by atomic mass is 19.1. The van der Waals surface area contributed by atoms with Crippen LogP contribution in [0.2, 0.25) is 0 Å². The summed E-state index contributed by atoms with van der Waals surface area (Å²) in [5, 5.41) is 6.90. The summed E-state index contributed by atoms with van der Waals surface area (Å²) in [5.41, 5.74) is 4.77. The zero-order chi connectivity index (χ0) is 21.4. The van der Waals surface area contributed by atoms with Crippen molar-refractivity contribution in [2.24, 2.45) is 0 Å². The van der Waals surface area contributed by atoms with E-state index in [1.54, 1.807) is 25.3 Å². The summed E-state index contributed by atoms with van der Waals surface area (Å²) in [4.78, 5) is 13.4. The summed E-state index contributed by atoms with van der Waals surface area (Å²) < 4.78 is 20.0. The van der Waals surface area contributed by atoms with Crippen molar-refractivity contribution in [1.82, 2.24) is 0 Å². The minimum atomic E-state index is -0.545. The Kier molecular flexibility index (Phi) is 4.94. The molecular weight excluding hydrogens is 391 g/mol. The predicted octanol–water partition coefficient (Wildman–Crippen LogP) is 5.81. The van der Waals surface area contributed by atoms with E-state index < -0.39 is 6.04 Å². The van der Waals surface area contributed by atoms with Crippen molar-refractivity contribution in [3.8, 4) is 5.75 Å². The number of methoxy groups -OCH3 is 1. The van der Waals surface area contributed by atoms with Gasteiger partial charge < -0.3 is 15.4 Å². The van der Waals surface area contributed by atoms with Gasteiger partial charge >= 0.3 is 0 Å². The first-order chi connectivity index (χ1) is 15.1. The highest BCUT2D eigenvalue weighted by Crippen LogP contribution is 2.44. The van der Waals surface area contributed by atoms with Crippen LogP contribution in [-0.4, -0.2) is 12.9 Å². The van der Waals surface area contributed by atoms with Crippen LogP contribution in [0.15, 0.2) is 84.1 Å². The molecule has 5 rings (SSSR count). The molecule has 3 aromatic carbocycles. The van der Waals surface area contributed by atoms with E-state index in [0.29, 0.717) is 24.0 Å². The van der Waals surface area contributed by atoms with Gasteiger partial charge in [-0.05, 0) is 48.2 Å². The lowest BCUT2D eigenvalue weighted by Gasteiger charge is -2.30. The van der Waals surface area contributed by atoms with Gasteiger partial charge in [-0.25, -0.2) is 4.39 Å². The third kappa shape index (κ3) is 3.56. The molecule has 2 atom stereocenters. The smallest absolute Gasteiger partial charge is 0.163 e. The van der Waals surface area contributed by atoms with Gasteiger partial charge in [0.1, 0.15) is 11.6 Å². The summed E-state index contributed by atoms with van der Waals surface area (Å²) in [5.74, 6) is 0.548. The van der Waals surface area contributed by atoms with Crippen LogP contribution in [0.25, 0.3) is 0 Å². The van der Waals surface area contributed by atoms with E-state index in [4.69, 9.17) is 4.74 Å². The highest BCUT2D eigenvalue weighted by Gasteiger charge is 2.36. The molecular formula is C26H23FN2O2. The third-order valence-electron chi connectivity index (χ3n) is 6.11. The number of halogens is 1. The SMILES string of the molecule is COc1ccc([C@H]2CC(=O)C3=C(C2)Nc2ccccc2N[C@@H]3c2ccccc2F)cc1. The summed E-state index contributed by atoms with van der Waals surface area (Å²) >= 11 is 0. The minimum absolute atomic E-state index is 0.0307. The maximum Gasteiger partial charge on any atom is 0.163 e. The first kappa shape index (κ1) is 19.4. The van der Waals surface area contributed by atoms with E-state index in [-0.39, 0.29) is 17.5 Å². The van der Waals surface area contributed by atoms with Gasteiger partial charge in [0.2, 0.25) is 0 Å². The van der Waals surface area contributed by atoms with Gasteiger partial charge in [0.05, 0.1) is 24.5 Å². The summed E-state index contributed by atoms with van der Waals surface area (Å²) in [7, 11) is 1.64. The van der Waals surface area contributed by atoms with E-state index in [1.165, 1.54) is 6.07 Å². The lowest BCUT2D eigenvalue weighted by Crippen LogP contribution is -2.27. The quantitative estimate of drug-likeness (QED) is 0.568. The molecule has 0 aromatic heterocycles. The van der Waals surface area contributed by atoms with Crippen molar-refractivity contribution in [1.29, 1.82) is 0 Å². The van der Waals surface area contributed by atoms with Gasteiger partial charge in [0.25, 0.3) is 0 Å². The number of hydrogen-bond acceptors (Lipinski definition) is 4. The molecule has 3 aromatic rings. The van der Waals surface area contributed by atoms with Crippen LogP contribution < -0.4 is 15.4 Å². The number of carbonyl (C=O) groups excluding carboxylic acids is 1. The molecule has 0 saturated heterocycles. The van der Waals surface area contributed by atoms with E-state index in [9.17, 15) is 9.18 Å². The number of carbonyl (C=O) groups is 1. The van der Waals surface area contributed by atoms with Gasteiger partial charge in [0.15, 0.2) is 5.78 Å².